The van der Waals surface area contributed by atoms with Crippen LogP contribution >= 0.6 is 0 Å². The molecule has 5 rings (SSSR count). The molecule has 0 amide bonds. The molecule has 0 N–H and O–H groups in total. The van der Waals surface area contributed by atoms with Gasteiger partial charge in [-0.25, -0.2) is 0 Å². The highest BCUT2D eigenvalue weighted by Crippen LogP contribution is 2.57. The molecule has 3 heteroatoms. The molecule has 3 nitrogen and oxygen atoms in total. The number of allylic oxidation sites excluding steroid dienone is 2. The van der Waals surface area contributed by atoms with Crippen LogP contribution in [0.3, 0.4) is 0 Å². The van der Waals surface area contributed by atoms with Crippen LogP contribution in [0.2, 0.25) is 0 Å². The number of benzene rings is 1. The number of carbonyl (C=O) groups excluding carboxylic acids is 1. The van der Waals surface area contributed by atoms with E-state index in [1.807, 2.05) is 6.92 Å². The largest absolute Gasteiger partial charge is 0.359 e. The van der Waals surface area contributed by atoms with Gasteiger partial charge in [0.05, 0.1) is 6.10 Å². The SMILES string of the molecule is CC1(C)C2=C(CC=C2)[C@@]2(C)O[C@@H]1C1CN(Cc3ccccc3)CC1C2=O. The average Bonchev–Trinajstić information content (AvgIpc) is 3.26. The number of hydrogen-bond donors (Lipinski definition) is 0. The van der Waals surface area contributed by atoms with Crippen LogP contribution in [0.5, 0.6) is 0 Å². The van der Waals surface area contributed by atoms with Crippen LogP contribution in [0.1, 0.15) is 32.8 Å². The Balaban J connectivity index is 1.49. The van der Waals surface area contributed by atoms with Gasteiger partial charge in [0.1, 0.15) is 5.60 Å². The Bertz CT molecular complexity index is 822. The lowest BCUT2D eigenvalue weighted by atomic mass is 9.60. The third kappa shape index (κ3) is 2.10. The highest BCUT2D eigenvalue weighted by Gasteiger charge is 2.63. The second-order valence-electron chi connectivity index (χ2n) is 9.11. The Morgan fingerprint density at radius 3 is 2.69 bits per heavy atom. The van der Waals surface area contributed by atoms with Gasteiger partial charge in [-0.1, -0.05) is 56.3 Å². The number of hydrogen-bond acceptors (Lipinski definition) is 3. The van der Waals surface area contributed by atoms with Crippen molar-refractivity contribution in [2.75, 3.05) is 13.1 Å². The van der Waals surface area contributed by atoms with E-state index >= 15 is 0 Å². The second kappa shape index (κ2) is 5.40. The number of fused-ring (bicyclic) bond motifs is 5. The molecule has 2 unspecified atom stereocenters. The van der Waals surface area contributed by atoms with Gasteiger partial charge in [0.15, 0.2) is 5.78 Å². The van der Waals surface area contributed by atoms with Crippen LogP contribution in [0.15, 0.2) is 53.6 Å². The molecule has 0 aromatic heterocycles. The Kier molecular flexibility index (Phi) is 3.42. The average molecular weight is 349 g/mol. The van der Waals surface area contributed by atoms with Gasteiger partial charge in [-0.3, -0.25) is 9.69 Å². The lowest BCUT2D eigenvalue weighted by molar-refractivity contribution is -0.190. The minimum atomic E-state index is -0.719. The highest BCUT2D eigenvalue weighted by atomic mass is 16.5. The molecule has 1 aliphatic carbocycles. The topological polar surface area (TPSA) is 29.5 Å². The van der Waals surface area contributed by atoms with Crippen LogP contribution in [-0.2, 0) is 16.1 Å². The molecule has 136 valence electrons. The summed E-state index contributed by atoms with van der Waals surface area (Å²) >= 11 is 0. The Hall–Kier alpha value is -1.71. The Morgan fingerprint density at radius 2 is 1.92 bits per heavy atom. The van der Waals surface area contributed by atoms with Gasteiger partial charge in [-0.05, 0) is 30.1 Å². The summed E-state index contributed by atoms with van der Waals surface area (Å²) in [6.07, 6.45) is 5.41. The first-order valence-electron chi connectivity index (χ1n) is 9.80. The number of rotatable bonds is 2. The summed E-state index contributed by atoms with van der Waals surface area (Å²) in [4.78, 5) is 15.9. The second-order valence-corrected chi connectivity index (χ2v) is 9.11. The first-order valence-corrected chi connectivity index (χ1v) is 9.80. The van der Waals surface area contributed by atoms with E-state index in [-0.39, 0.29) is 23.4 Å². The fourth-order valence-electron chi connectivity index (χ4n) is 5.84. The lowest BCUT2D eigenvalue weighted by Crippen LogP contribution is -2.62. The predicted molar refractivity (Wildman–Crippen MR) is 102 cm³/mol. The van der Waals surface area contributed by atoms with Crippen molar-refractivity contribution in [1.29, 1.82) is 0 Å². The molecule has 0 radical (unpaired) electrons. The van der Waals surface area contributed by atoms with Crippen molar-refractivity contribution in [3.05, 3.63) is 59.2 Å². The molecule has 1 aromatic carbocycles. The van der Waals surface area contributed by atoms with Crippen molar-refractivity contribution in [3.8, 4) is 0 Å². The van der Waals surface area contributed by atoms with Crippen LogP contribution in [0.4, 0.5) is 0 Å². The molecule has 2 saturated heterocycles. The van der Waals surface area contributed by atoms with Gasteiger partial charge in [0, 0.05) is 36.9 Å². The minimum Gasteiger partial charge on any atom is -0.359 e. The zero-order valence-electron chi connectivity index (χ0n) is 15.9. The normalized spacial score (nSPS) is 37.8. The van der Waals surface area contributed by atoms with E-state index in [9.17, 15) is 4.79 Å². The van der Waals surface area contributed by atoms with E-state index in [0.29, 0.717) is 5.78 Å². The first kappa shape index (κ1) is 16.5. The van der Waals surface area contributed by atoms with Gasteiger partial charge >= 0.3 is 0 Å². The molecule has 4 atom stereocenters. The molecule has 0 spiro atoms. The van der Waals surface area contributed by atoms with E-state index in [1.54, 1.807) is 0 Å². The fraction of sp³-hybridized carbons (Fsp3) is 0.522. The number of ether oxygens (including phenoxy) is 1. The smallest absolute Gasteiger partial charge is 0.173 e. The maximum absolute atomic E-state index is 13.5. The number of carbonyl (C=O) groups is 1. The molecule has 2 bridgehead atoms. The van der Waals surface area contributed by atoms with Crippen LogP contribution in [0.25, 0.3) is 0 Å². The monoisotopic (exact) mass is 349 g/mol. The maximum Gasteiger partial charge on any atom is 0.173 e. The summed E-state index contributed by atoms with van der Waals surface area (Å²) in [6.45, 7) is 9.35. The molecular formula is C23H27NO2. The van der Waals surface area contributed by atoms with Crippen molar-refractivity contribution in [1.82, 2.24) is 4.90 Å². The molecule has 2 fully saturated rings. The molecule has 1 aromatic rings. The summed E-state index contributed by atoms with van der Waals surface area (Å²) in [6, 6.07) is 10.6. The number of likely N-dealkylation sites (tertiary alicyclic amines) is 1. The van der Waals surface area contributed by atoms with E-state index in [0.717, 1.165) is 26.1 Å². The van der Waals surface area contributed by atoms with Gasteiger partial charge in [-0.15, -0.1) is 0 Å². The van der Waals surface area contributed by atoms with Crippen molar-refractivity contribution in [2.45, 2.75) is 45.4 Å². The Labute approximate surface area is 155 Å². The standard InChI is InChI=1S/C23H27NO2/c1-22(2)18-10-7-11-19(18)23(3)20(25)16-13-24(14-17(16)21(22)26-23)12-15-8-5-4-6-9-15/h4-10,16-17,21H,11-14H2,1-3H3/t16?,17?,21-,23-/m1/s1. The summed E-state index contributed by atoms with van der Waals surface area (Å²) in [5.41, 5.74) is 3.13. The molecule has 0 saturated carbocycles. The van der Waals surface area contributed by atoms with E-state index in [4.69, 9.17) is 4.74 Å². The van der Waals surface area contributed by atoms with Gasteiger partial charge in [0.2, 0.25) is 0 Å². The van der Waals surface area contributed by atoms with Gasteiger partial charge in [-0.2, -0.15) is 0 Å². The first-order chi connectivity index (χ1) is 12.4. The summed E-state index contributed by atoms with van der Waals surface area (Å²) in [5.74, 6) is 0.690. The van der Waals surface area contributed by atoms with Crippen molar-refractivity contribution >= 4 is 5.78 Å². The zero-order valence-corrected chi connectivity index (χ0v) is 15.9. The van der Waals surface area contributed by atoms with Crippen LogP contribution in [-0.4, -0.2) is 35.5 Å². The molecule has 3 heterocycles. The third-order valence-electron chi connectivity index (χ3n) is 7.16. The molecule has 26 heavy (non-hydrogen) atoms. The van der Waals surface area contributed by atoms with Crippen molar-refractivity contribution in [3.63, 3.8) is 0 Å². The summed E-state index contributed by atoms with van der Waals surface area (Å²) < 4.78 is 6.59. The Morgan fingerprint density at radius 1 is 1.15 bits per heavy atom. The van der Waals surface area contributed by atoms with E-state index in [2.05, 4.69) is 61.2 Å². The van der Waals surface area contributed by atoms with Crippen molar-refractivity contribution < 1.29 is 9.53 Å². The summed E-state index contributed by atoms with van der Waals surface area (Å²) in [7, 11) is 0. The minimum absolute atomic E-state index is 0.0335. The molecular weight excluding hydrogens is 322 g/mol. The summed E-state index contributed by atoms with van der Waals surface area (Å²) in [5, 5.41) is 0. The van der Waals surface area contributed by atoms with Crippen molar-refractivity contribution in [2.24, 2.45) is 17.3 Å². The highest BCUT2D eigenvalue weighted by molar-refractivity contribution is 5.95. The predicted octanol–water partition coefficient (Wildman–Crippen LogP) is 3.76. The van der Waals surface area contributed by atoms with Gasteiger partial charge in [0.25, 0.3) is 0 Å². The molecule has 3 aliphatic heterocycles. The van der Waals surface area contributed by atoms with Crippen LogP contribution in [0, 0.1) is 17.3 Å². The maximum atomic E-state index is 13.5. The molecule has 4 aliphatic rings. The quantitative estimate of drug-likeness (QED) is 0.814. The number of Topliss-reactive ketones (excluding diaryl/α,β-unsaturated/α-hetero) is 1. The fourth-order valence-corrected chi connectivity index (χ4v) is 5.84. The van der Waals surface area contributed by atoms with Crippen LogP contribution < -0.4 is 0 Å². The number of nitrogens with zero attached hydrogens (tertiary/aromatic N) is 1. The number of ketones is 1. The van der Waals surface area contributed by atoms with E-state index in [1.165, 1.54) is 16.7 Å². The van der Waals surface area contributed by atoms with Gasteiger partial charge < -0.3 is 4.74 Å². The lowest BCUT2D eigenvalue weighted by Gasteiger charge is -2.54. The third-order valence-corrected chi connectivity index (χ3v) is 7.16. The van der Waals surface area contributed by atoms with E-state index < -0.39 is 5.60 Å². The zero-order chi connectivity index (χ0) is 18.1.